The highest BCUT2D eigenvalue weighted by atomic mass is 19.1. The van der Waals surface area contributed by atoms with Crippen LogP contribution in [0, 0.1) is 17.2 Å². The van der Waals surface area contributed by atoms with Gasteiger partial charge in [0.15, 0.2) is 0 Å². The molecule has 0 aliphatic heterocycles. The highest BCUT2D eigenvalue weighted by Crippen LogP contribution is 2.43. The Hall–Kier alpha value is -1.35. The van der Waals surface area contributed by atoms with Crippen molar-refractivity contribution in [1.29, 1.82) is 0 Å². The third-order valence-electron chi connectivity index (χ3n) is 4.97. The molecule has 1 saturated carbocycles. The van der Waals surface area contributed by atoms with Crippen molar-refractivity contribution in [3.05, 3.63) is 35.8 Å². The van der Waals surface area contributed by atoms with E-state index in [1.165, 1.54) is 31.7 Å². The van der Waals surface area contributed by atoms with Crippen LogP contribution in [0.1, 0.15) is 51.3 Å². The Morgan fingerprint density at radius 1 is 1.24 bits per heavy atom. The van der Waals surface area contributed by atoms with Crippen LogP contribution in [0.4, 0.5) is 4.39 Å². The van der Waals surface area contributed by atoms with Gasteiger partial charge >= 0.3 is 0 Å². The predicted molar refractivity (Wildman–Crippen MR) is 83.7 cm³/mol. The lowest BCUT2D eigenvalue weighted by Gasteiger charge is -2.37. The summed E-state index contributed by atoms with van der Waals surface area (Å²) in [5.41, 5.74) is 1.23. The molecule has 1 N–H and O–H groups in total. The standard InChI is InChI=1S/C18H24FNO/c1-18(2)8-6-12(7-9-18)17(20-3)16-11-13-10-14(19)4-5-15(13)21-16/h4-5,10-12,17,20H,6-9H2,1-3H3. The molecule has 3 heteroatoms. The summed E-state index contributed by atoms with van der Waals surface area (Å²) in [6.07, 6.45) is 4.93. The van der Waals surface area contributed by atoms with Crippen molar-refractivity contribution >= 4 is 11.0 Å². The first-order chi connectivity index (χ1) is 9.98. The average Bonchev–Trinajstić information content (AvgIpc) is 2.84. The molecule has 1 aliphatic rings. The van der Waals surface area contributed by atoms with E-state index in [1.807, 2.05) is 13.1 Å². The Labute approximate surface area is 125 Å². The van der Waals surface area contributed by atoms with Gasteiger partial charge in [-0.1, -0.05) is 13.8 Å². The number of benzene rings is 1. The first-order valence-corrected chi connectivity index (χ1v) is 7.85. The van der Waals surface area contributed by atoms with Gasteiger partial charge in [0.2, 0.25) is 0 Å². The predicted octanol–water partition coefficient (Wildman–Crippen LogP) is 5.05. The molecule has 0 amide bonds. The van der Waals surface area contributed by atoms with Gasteiger partial charge in [0.1, 0.15) is 17.2 Å². The van der Waals surface area contributed by atoms with Crippen molar-refractivity contribution in [1.82, 2.24) is 5.32 Å². The summed E-state index contributed by atoms with van der Waals surface area (Å²) < 4.78 is 19.3. The lowest BCUT2D eigenvalue weighted by molar-refractivity contribution is 0.156. The van der Waals surface area contributed by atoms with Crippen LogP contribution in [0.3, 0.4) is 0 Å². The summed E-state index contributed by atoms with van der Waals surface area (Å²) in [4.78, 5) is 0. The molecule has 0 radical (unpaired) electrons. The molecule has 0 saturated heterocycles. The summed E-state index contributed by atoms with van der Waals surface area (Å²) in [6.45, 7) is 4.70. The van der Waals surface area contributed by atoms with Crippen molar-refractivity contribution in [3.63, 3.8) is 0 Å². The molecule has 1 aromatic heterocycles. The van der Waals surface area contributed by atoms with E-state index in [-0.39, 0.29) is 11.9 Å². The summed E-state index contributed by atoms with van der Waals surface area (Å²) in [5, 5.41) is 4.25. The minimum absolute atomic E-state index is 0.213. The van der Waals surface area contributed by atoms with Crippen LogP contribution in [0.15, 0.2) is 28.7 Å². The molecule has 1 aromatic carbocycles. The number of hydrogen-bond donors (Lipinski definition) is 1. The summed E-state index contributed by atoms with van der Waals surface area (Å²) >= 11 is 0. The van der Waals surface area contributed by atoms with Crippen LogP contribution in [0.5, 0.6) is 0 Å². The molecular formula is C18H24FNO. The van der Waals surface area contributed by atoms with Crippen LogP contribution in [0.2, 0.25) is 0 Å². The molecule has 1 unspecified atom stereocenters. The molecule has 1 aliphatic carbocycles. The summed E-state index contributed by atoms with van der Waals surface area (Å²) in [7, 11) is 1.98. The lowest BCUT2D eigenvalue weighted by atomic mass is 9.71. The molecule has 21 heavy (non-hydrogen) atoms. The molecular weight excluding hydrogens is 265 g/mol. The van der Waals surface area contributed by atoms with Gasteiger partial charge in [-0.2, -0.15) is 0 Å². The Balaban J connectivity index is 1.84. The van der Waals surface area contributed by atoms with E-state index >= 15 is 0 Å². The highest BCUT2D eigenvalue weighted by molar-refractivity contribution is 5.78. The number of furan rings is 1. The van der Waals surface area contributed by atoms with Gasteiger partial charge in [-0.15, -0.1) is 0 Å². The average molecular weight is 289 g/mol. The largest absolute Gasteiger partial charge is 0.459 e. The van der Waals surface area contributed by atoms with Gasteiger partial charge in [0.25, 0.3) is 0 Å². The number of halogens is 1. The fraction of sp³-hybridized carbons (Fsp3) is 0.556. The van der Waals surface area contributed by atoms with E-state index in [1.54, 1.807) is 12.1 Å². The van der Waals surface area contributed by atoms with Crippen molar-refractivity contribution < 1.29 is 8.81 Å². The smallest absolute Gasteiger partial charge is 0.134 e. The Morgan fingerprint density at radius 3 is 2.62 bits per heavy atom. The number of rotatable bonds is 3. The third kappa shape index (κ3) is 2.98. The Bertz CT molecular complexity index is 621. The van der Waals surface area contributed by atoms with Crippen LogP contribution in [-0.4, -0.2) is 7.05 Å². The second kappa shape index (κ2) is 5.45. The maximum atomic E-state index is 13.3. The zero-order valence-corrected chi connectivity index (χ0v) is 13.1. The second-order valence-corrected chi connectivity index (χ2v) is 7.10. The van der Waals surface area contributed by atoms with Crippen LogP contribution >= 0.6 is 0 Å². The van der Waals surface area contributed by atoms with Crippen LogP contribution in [0.25, 0.3) is 11.0 Å². The van der Waals surface area contributed by atoms with Gasteiger partial charge in [0, 0.05) is 5.39 Å². The first kappa shape index (κ1) is 14.6. The van der Waals surface area contributed by atoms with E-state index in [2.05, 4.69) is 19.2 Å². The van der Waals surface area contributed by atoms with Gasteiger partial charge in [-0.05, 0) is 68.3 Å². The van der Waals surface area contributed by atoms with E-state index in [4.69, 9.17) is 4.42 Å². The lowest BCUT2D eigenvalue weighted by Crippen LogP contribution is -2.30. The summed E-state index contributed by atoms with van der Waals surface area (Å²) in [5.74, 6) is 1.31. The number of nitrogens with one attached hydrogen (secondary N) is 1. The van der Waals surface area contributed by atoms with Gasteiger partial charge in [-0.25, -0.2) is 4.39 Å². The van der Waals surface area contributed by atoms with Crippen molar-refractivity contribution in [3.8, 4) is 0 Å². The van der Waals surface area contributed by atoms with E-state index in [0.717, 1.165) is 16.7 Å². The molecule has 114 valence electrons. The zero-order valence-electron chi connectivity index (χ0n) is 13.1. The molecule has 1 fully saturated rings. The zero-order chi connectivity index (χ0) is 15.0. The molecule has 2 aromatic rings. The molecule has 0 bridgehead atoms. The van der Waals surface area contributed by atoms with Crippen molar-refractivity contribution in [2.24, 2.45) is 11.3 Å². The molecule has 2 nitrogen and oxygen atoms in total. The van der Waals surface area contributed by atoms with E-state index in [9.17, 15) is 4.39 Å². The van der Waals surface area contributed by atoms with Gasteiger partial charge in [-0.3, -0.25) is 0 Å². The topological polar surface area (TPSA) is 25.2 Å². The first-order valence-electron chi connectivity index (χ1n) is 7.85. The fourth-order valence-corrected chi connectivity index (χ4v) is 3.55. The Morgan fingerprint density at radius 2 is 1.95 bits per heavy atom. The second-order valence-electron chi connectivity index (χ2n) is 7.10. The SMILES string of the molecule is CNC(c1cc2cc(F)ccc2o1)C1CCC(C)(C)CC1. The van der Waals surface area contributed by atoms with Crippen molar-refractivity contribution in [2.45, 2.75) is 45.6 Å². The quantitative estimate of drug-likeness (QED) is 0.855. The molecule has 3 rings (SSSR count). The maximum absolute atomic E-state index is 13.3. The van der Waals surface area contributed by atoms with Crippen LogP contribution < -0.4 is 5.32 Å². The number of fused-ring (bicyclic) bond motifs is 1. The monoisotopic (exact) mass is 289 g/mol. The molecule has 1 heterocycles. The van der Waals surface area contributed by atoms with Gasteiger partial charge < -0.3 is 9.73 Å². The minimum Gasteiger partial charge on any atom is -0.459 e. The number of hydrogen-bond acceptors (Lipinski definition) is 2. The van der Waals surface area contributed by atoms with Crippen LogP contribution in [-0.2, 0) is 0 Å². The minimum atomic E-state index is -0.213. The van der Waals surface area contributed by atoms with Gasteiger partial charge in [0.05, 0.1) is 6.04 Å². The molecule has 1 atom stereocenters. The van der Waals surface area contributed by atoms with E-state index < -0.39 is 0 Å². The molecule has 0 spiro atoms. The third-order valence-corrected chi connectivity index (χ3v) is 4.97. The highest BCUT2D eigenvalue weighted by Gasteiger charge is 2.32. The maximum Gasteiger partial charge on any atom is 0.134 e. The fourth-order valence-electron chi connectivity index (χ4n) is 3.55. The summed E-state index contributed by atoms with van der Waals surface area (Å²) in [6, 6.07) is 6.91. The normalized spacial score (nSPS) is 20.8. The van der Waals surface area contributed by atoms with Crippen molar-refractivity contribution in [2.75, 3.05) is 7.05 Å². The van der Waals surface area contributed by atoms with E-state index in [0.29, 0.717) is 11.3 Å². The Kier molecular flexibility index (Phi) is 3.78.